The van der Waals surface area contributed by atoms with Gasteiger partial charge in [-0.05, 0) is 42.5 Å². The number of rotatable bonds is 3. The number of carbonyl (C=O) groups is 1. The van der Waals surface area contributed by atoms with Gasteiger partial charge in [0.25, 0.3) is 0 Å². The Morgan fingerprint density at radius 2 is 1.90 bits per heavy atom. The van der Waals surface area contributed by atoms with Crippen LogP contribution in [0.5, 0.6) is 0 Å². The molecule has 0 aliphatic carbocycles. The Morgan fingerprint density at radius 1 is 1.24 bits per heavy atom. The van der Waals surface area contributed by atoms with Gasteiger partial charge in [-0.2, -0.15) is 0 Å². The molecular formula is C17H25N3O. The summed E-state index contributed by atoms with van der Waals surface area (Å²) in [4.78, 5) is 16.9. The van der Waals surface area contributed by atoms with Crippen molar-refractivity contribution in [1.29, 1.82) is 0 Å². The van der Waals surface area contributed by atoms with Crippen LogP contribution in [0, 0.1) is 19.8 Å². The molecule has 1 aromatic rings. The molecule has 4 nitrogen and oxygen atoms in total. The lowest BCUT2D eigenvalue weighted by Crippen LogP contribution is -2.56. The van der Waals surface area contributed by atoms with E-state index in [0.29, 0.717) is 12.5 Å². The van der Waals surface area contributed by atoms with Gasteiger partial charge >= 0.3 is 0 Å². The molecule has 4 heteroatoms. The zero-order chi connectivity index (χ0) is 15.0. The second kappa shape index (κ2) is 5.78. The van der Waals surface area contributed by atoms with E-state index in [9.17, 15) is 4.79 Å². The molecule has 2 aliphatic heterocycles. The summed E-state index contributed by atoms with van der Waals surface area (Å²) in [5.74, 6) is 0.511. The molecule has 1 fully saturated rings. The molecule has 2 aliphatic rings. The first-order chi connectivity index (χ1) is 10.1. The van der Waals surface area contributed by atoms with Crippen LogP contribution in [0.1, 0.15) is 22.3 Å². The zero-order valence-corrected chi connectivity index (χ0v) is 13.1. The molecule has 0 unspecified atom stereocenters. The van der Waals surface area contributed by atoms with Gasteiger partial charge in [-0.25, -0.2) is 0 Å². The fourth-order valence-electron chi connectivity index (χ4n) is 3.39. The molecule has 2 N–H and O–H groups in total. The number of hydrogen-bond donors (Lipinski definition) is 1. The normalized spacial score (nSPS) is 19.3. The molecule has 0 aromatic heterocycles. The van der Waals surface area contributed by atoms with Gasteiger partial charge in [0.05, 0.1) is 5.92 Å². The van der Waals surface area contributed by atoms with E-state index in [1.165, 1.54) is 22.3 Å². The third-order valence-electron chi connectivity index (χ3n) is 4.89. The molecule has 3 rings (SSSR count). The predicted octanol–water partition coefficient (Wildman–Crippen LogP) is 1.08. The molecule has 114 valence electrons. The largest absolute Gasteiger partial charge is 0.338 e. The average molecular weight is 287 g/mol. The first kappa shape index (κ1) is 14.5. The van der Waals surface area contributed by atoms with Crippen LogP contribution in [0.3, 0.4) is 0 Å². The van der Waals surface area contributed by atoms with E-state index >= 15 is 0 Å². The van der Waals surface area contributed by atoms with E-state index in [2.05, 4.69) is 30.9 Å². The zero-order valence-electron chi connectivity index (χ0n) is 13.1. The number of fused-ring (bicyclic) bond motifs is 1. The van der Waals surface area contributed by atoms with Crippen molar-refractivity contribution in [3.05, 3.63) is 34.4 Å². The molecular weight excluding hydrogens is 262 g/mol. The summed E-state index contributed by atoms with van der Waals surface area (Å²) >= 11 is 0. The highest BCUT2D eigenvalue weighted by Gasteiger charge is 2.35. The van der Waals surface area contributed by atoms with Crippen LogP contribution in [0.2, 0.25) is 0 Å². The Kier molecular flexibility index (Phi) is 4.00. The Labute approximate surface area is 126 Å². The van der Waals surface area contributed by atoms with E-state index in [4.69, 9.17) is 5.73 Å². The Balaban J connectivity index is 1.64. The van der Waals surface area contributed by atoms with Crippen LogP contribution in [0.4, 0.5) is 0 Å². The predicted molar refractivity (Wildman–Crippen MR) is 84.0 cm³/mol. The quantitative estimate of drug-likeness (QED) is 0.905. The Morgan fingerprint density at radius 3 is 2.57 bits per heavy atom. The number of aryl methyl sites for hydroxylation is 2. The molecule has 2 heterocycles. The van der Waals surface area contributed by atoms with Crippen LogP contribution in [-0.4, -0.2) is 48.4 Å². The molecule has 1 amide bonds. The van der Waals surface area contributed by atoms with Gasteiger partial charge in [0, 0.05) is 39.3 Å². The Hall–Kier alpha value is -1.39. The SMILES string of the molecule is Cc1cc2c(cc1C)CN(C(=O)C1CN(CCN)C1)CC2. The van der Waals surface area contributed by atoms with Gasteiger partial charge in [0.2, 0.25) is 5.91 Å². The summed E-state index contributed by atoms with van der Waals surface area (Å²) in [6, 6.07) is 4.55. The van der Waals surface area contributed by atoms with Crippen molar-refractivity contribution >= 4 is 5.91 Å². The number of hydrogen-bond acceptors (Lipinski definition) is 3. The number of likely N-dealkylation sites (tertiary alicyclic amines) is 1. The van der Waals surface area contributed by atoms with E-state index in [1.54, 1.807) is 0 Å². The maximum Gasteiger partial charge on any atom is 0.228 e. The summed E-state index contributed by atoms with van der Waals surface area (Å²) in [5.41, 5.74) is 11.0. The van der Waals surface area contributed by atoms with Crippen LogP contribution in [-0.2, 0) is 17.8 Å². The van der Waals surface area contributed by atoms with Crippen LogP contribution < -0.4 is 5.73 Å². The summed E-state index contributed by atoms with van der Waals surface area (Å²) < 4.78 is 0. The van der Waals surface area contributed by atoms with Crippen molar-refractivity contribution in [2.45, 2.75) is 26.8 Å². The minimum Gasteiger partial charge on any atom is -0.338 e. The van der Waals surface area contributed by atoms with Crippen molar-refractivity contribution in [2.75, 3.05) is 32.7 Å². The lowest BCUT2D eigenvalue weighted by atomic mass is 9.92. The fourth-order valence-corrected chi connectivity index (χ4v) is 3.39. The average Bonchev–Trinajstić information content (AvgIpc) is 2.42. The van der Waals surface area contributed by atoms with Crippen molar-refractivity contribution in [3.8, 4) is 0 Å². The summed E-state index contributed by atoms with van der Waals surface area (Å²) in [6.07, 6.45) is 0.988. The van der Waals surface area contributed by atoms with Gasteiger partial charge < -0.3 is 15.5 Å². The second-order valence-electron chi connectivity index (χ2n) is 6.46. The minimum atomic E-state index is 0.185. The monoisotopic (exact) mass is 287 g/mol. The van der Waals surface area contributed by atoms with Crippen molar-refractivity contribution in [1.82, 2.24) is 9.80 Å². The molecule has 0 bridgehead atoms. The second-order valence-corrected chi connectivity index (χ2v) is 6.46. The van der Waals surface area contributed by atoms with Gasteiger partial charge in [0.1, 0.15) is 0 Å². The first-order valence-corrected chi connectivity index (χ1v) is 7.88. The van der Waals surface area contributed by atoms with Crippen LogP contribution in [0.25, 0.3) is 0 Å². The van der Waals surface area contributed by atoms with Crippen LogP contribution >= 0.6 is 0 Å². The minimum absolute atomic E-state index is 0.185. The molecule has 21 heavy (non-hydrogen) atoms. The van der Waals surface area contributed by atoms with Gasteiger partial charge in [-0.3, -0.25) is 4.79 Å². The lowest BCUT2D eigenvalue weighted by molar-refractivity contribution is -0.142. The number of nitrogens with zero attached hydrogens (tertiary/aromatic N) is 2. The van der Waals surface area contributed by atoms with Gasteiger partial charge in [0.15, 0.2) is 0 Å². The summed E-state index contributed by atoms with van der Waals surface area (Å²) in [7, 11) is 0. The number of amides is 1. The highest BCUT2D eigenvalue weighted by Crippen LogP contribution is 2.25. The molecule has 0 atom stereocenters. The van der Waals surface area contributed by atoms with Crippen molar-refractivity contribution < 1.29 is 4.79 Å². The molecule has 0 saturated carbocycles. The molecule has 1 aromatic carbocycles. The van der Waals surface area contributed by atoms with Gasteiger partial charge in [-0.1, -0.05) is 12.1 Å². The smallest absolute Gasteiger partial charge is 0.228 e. The molecule has 0 spiro atoms. The van der Waals surface area contributed by atoms with Gasteiger partial charge in [-0.15, -0.1) is 0 Å². The summed E-state index contributed by atoms with van der Waals surface area (Å²) in [6.45, 7) is 9.30. The number of carbonyl (C=O) groups excluding carboxylic acids is 1. The number of benzene rings is 1. The third-order valence-corrected chi connectivity index (χ3v) is 4.89. The molecule has 0 radical (unpaired) electrons. The topological polar surface area (TPSA) is 49.6 Å². The van der Waals surface area contributed by atoms with E-state index in [0.717, 1.165) is 39.1 Å². The summed E-state index contributed by atoms with van der Waals surface area (Å²) in [5, 5.41) is 0. The highest BCUT2D eigenvalue weighted by atomic mass is 16.2. The van der Waals surface area contributed by atoms with Crippen LogP contribution in [0.15, 0.2) is 12.1 Å². The Bertz CT molecular complexity index is 549. The maximum absolute atomic E-state index is 12.6. The van der Waals surface area contributed by atoms with Crippen molar-refractivity contribution in [2.24, 2.45) is 11.7 Å². The highest BCUT2D eigenvalue weighted by molar-refractivity contribution is 5.80. The van der Waals surface area contributed by atoms with E-state index in [1.807, 2.05) is 4.90 Å². The lowest BCUT2D eigenvalue weighted by Gasteiger charge is -2.41. The van der Waals surface area contributed by atoms with E-state index < -0.39 is 0 Å². The van der Waals surface area contributed by atoms with E-state index in [-0.39, 0.29) is 5.92 Å². The standard InChI is InChI=1S/C17H25N3O/c1-12-7-14-3-5-20(11-15(14)8-13(12)2)17(21)16-9-19(10-16)6-4-18/h7-8,16H,3-6,9-11,18H2,1-2H3. The van der Waals surface area contributed by atoms with Crippen molar-refractivity contribution in [3.63, 3.8) is 0 Å². The molecule has 1 saturated heterocycles. The third kappa shape index (κ3) is 2.83. The fraction of sp³-hybridized carbons (Fsp3) is 0.588. The maximum atomic E-state index is 12.6. The number of nitrogens with two attached hydrogens (primary N) is 1. The first-order valence-electron chi connectivity index (χ1n) is 7.88.